The number of ether oxygens (including phenoxy) is 1. The number of hydrogen-bond acceptors (Lipinski definition) is 3. The molecule has 1 rings (SSSR count). The van der Waals surface area contributed by atoms with Crippen molar-refractivity contribution in [3.05, 3.63) is 0 Å². The summed E-state index contributed by atoms with van der Waals surface area (Å²) in [5.74, 6) is 0. The first-order valence-corrected chi connectivity index (χ1v) is 4.42. The lowest BCUT2D eigenvalue weighted by atomic mass is 10.3. The predicted octanol–water partition coefficient (Wildman–Crippen LogP) is 0.320. The molecule has 3 heteroatoms. The summed E-state index contributed by atoms with van der Waals surface area (Å²) in [6.07, 6.45) is 1.80. The second-order valence-electron chi connectivity index (χ2n) is 3.01. The zero-order chi connectivity index (χ0) is 8.10. The summed E-state index contributed by atoms with van der Waals surface area (Å²) in [5.41, 5.74) is 0. The lowest BCUT2D eigenvalue weighted by Gasteiger charge is -2.09. The van der Waals surface area contributed by atoms with E-state index in [-0.39, 0.29) is 6.23 Å². The molecular formula is C8H18N2O. The molecule has 0 spiro atoms. The zero-order valence-electron chi connectivity index (χ0n) is 7.39. The van der Waals surface area contributed by atoms with Crippen molar-refractivity contribution in [1.82, 2.24) is 10.6 Å². The average Bonchev–Trinajstić information content (AvgIpc) is 2.37. The molecule has 0 amide bonds. The minimum Gasteiger partial charge on any atom is -0.358 e. The second kappa shape index (κ2) is 4.70. The molecule has 0 aliphatic carbocycles. The summed E-state index contributed by atoms with van der Waals surface area (Å²) >= 11 is 0. The van der Waals surface area contributed by atoms with Crippen LogP contribution >= 0.6 is 0 Å². The third-order valence-electron chi connectivity index (χ3n) is 1.83. The molecule has 2 atom stereocenters. The minimum absolute atomic E-state index is 0.239. The van der Waals surface area contributed by atoms with Crippen molar-refractivity contribution >= 4 is 0 Å². The fraction of sp³-hybridized carbons (Fsp3) is 1.00. The van der Waals surface area contributed by atoms with Crippen molar-refractivity contribution in [3.63, 3.8) is 0 Å². The molecule has 1 heterocycles. The van der Waals surface area contributed by atoms with E-state index in [0.717, 1.165) is 19.6 Å². The van der Waals surface area contributed by atoms with Gasteiger partial charge in [0.1, 0.15) is 6.23 Å². The molecule has 0 aromatic heterocycles. The maximum absolute atomic E-state index is 5.53. The molecule has 0 bridgehead atoms. The van der Waals surface area contributed by atoms with E-state index in [1.165, 1.54) is 6.42 Å². The van der Waals surface area contributed by atoms with Crippen LogP contribution in [0.3, 0.4) is 0 Å². The Bertz CT molecular complexity index is 108. The molecule has 11 heavy (non-hydrogen) atoms. The summed E-state index contributed by atoms with van der Waals surface area (Å²) in [4.78, 5) is 0. The van der Waals surface area contributed by atoms with Gasteiger partial charge in [-0.2, -0.15) is 0 Å². The molecule has 1 fully saturated rings. The number of nitrogens with one attached hydrogen (secondary N) is 2. The topological polar surface area (TPSA) is 33.3 Å². The molecule has 2 unspecified atom stereocenters. The Morgan fingerprint density at radius 1 is 1.64 bits per heavy atom. The first kappa shape index (κ1) is 8.97. The Balaban J connectivity index is 1.99. The van der Waals surface area contributed by atoms with Crippen LogP contribution in [0.1, 0.15) is 20.3 Å². The first-order chi connectivity index (χ1) is 5.33. The SMILES string of the molecule is CCCNCC1CNC(C)O1. The van der Waals surface area contributed by atoms with Gasteiger partial charge in [0.15, 0.2) is 0 Å². The summed E-state index contributed by atoms with van der Waals surface area (Å²) in [6.45, 7) is 7.26. The Labute approximate surface area is 68.5 Å². The second-order valence-corrected chi connectivity index (χ2v) is 3.01. The molecule has 0 aromatic carbocycles. The van der Waals surface area contributed by atoms with Crippen molar-refractivity contribution < 1.29 is 4.74 Å². The van der Waals surface area contributed by atoms with Crippen molar-refractivity contribution in [2.75, 3.05) is 19.6 Å². The van der Waals surface area contributed by atoms with E-state index in [2.05, 4.69) is 17.6 Å². The largest absolute Gasteiger partial charge is 0.358 e. The van der Waals surface area contributed by atoms with Crippen LogP contribution in [0.4, 0.5) is 0 Å². The number of hydrogen-bond donors (Lipinski definition) is 2. The third kappa shape index (κ3) is 3.18. The lowest BCUT2D eigenvalue weighted by molar-refractivity contribution is 0.0536. The summed E-state index contributed by atoms with van der Waals surface area (Å²) in [6, 6.07) is 0. The molecular weight excluding hydrogens is 140 g/mol. The van der Waals surface area contributed by atoms with E-state index in [0.29, 0.717) is 6.10 Å². The highest BCUT2D eigenvalue weighted by molar-refractivity contribution is 4.72. The van der Waals surface area contributed by atoms with Gasteiger partial charge in [-0.15, -0.1) is 0 Å². The van der Waals surface area contributed by atoms with Gasteiger partial charge in [0.2, 0.25) is 0 Å². The van der Waals surface area contributed by atoms with Crippen molar-refractivity contribution in [2.24, 2.45) is 0 Å². The quantitative estimate of drug-likeness (QED) is 0.578. The van der Waals surface area contributed by atoms with Crippen LogP contribution in [0, 0.1) is 0 Å². The Hall–Kier alpha value is -0.120. The minimum atomic E-state index is 0.239. The molecule has 1 saturated heterocycles. The van der Waals surface area contributed by atoms with Crippen LogP contribution < -0.4 is 10.6 Å². The van der Waals surface area contributed by atoms with Gasteiger partial charge in [-0.25, -0.2) is 0 Å². The van der Waals surface area contributed by atoms with E-state index >= 15 is 0 Å². The van der Waals surface area contributed by atoms with E-state index < -0.39 is 0 Å². The highest BCUT2D eigenvalue weighted by Gasteiger charge is 2.19. The van der Waals surface area contributed by atoms with Crippen molar-refractivity contribution in [2.45, 2.75) is 32.6 Å². The van der Waals surface area contributed by atoms with Gasteiger partial charge in [-0.05, 0) is 19.9 Å². The van der Waals surface area contributed by atoms with E-state index in [1.54, 1.807) is 0 Å². The van der Waals surface area contributed by atoms with Gasteiger partial charge in [-0.1, -0.05) is 6.92 Å². The van der Waals surface area contributed by atoms with Gasteiger partial charge < -0.3 is 10.1 Å². The standard InChI is InChI=1S/C8H18N2O/c1-3-4-9-5-8-6-10-7(2)11-8/h7-10H,3-6H2,1-2H3. The first-order valence-electron chi connectivity index (χ1n) is 4.42. The average molecular weight is 158 g/mol. The molecule has 0 radical (unpaired) electrons. The summed E-state index contributed by atoms with van der Waals surface area (Å²) in [7, 11) is 0. The predicted molar refractivity (Wildman–Crippen MR) is 45.5 cm³/mol. The van der Waals surface area contributed by atoms with E-state index in [4.69, 9.17) is 4.74 Å². The highest BCUT2D eigenvalue weighted by Crippen LogP contribution is 2.02. The van der Waals surface area contributed by atoms with E-state index in [1.807, 2.05) is 6.92 Å². The fourth-order valence-electron chi connectivity index (χ4n) is 1.24. The van der Waals surface area contributed by atoms with Crippen LogP contribution in [0.25, 0.3) is 0 Å². The Kier molecular flexibility index (Phi) is 3.83. The summed E-state index contributed by atoms with van der Waals surface area (Å²) < 4.78 is 5.53. The monoisotopic (exact) mass is 158 g/mol. The van der Waals surface area contributed by atoms with Crippen LogP contribution in [0.15, 0.2) is 0 Å². The molecule has 66 valence electrons. The highest BCUT2D eigenvalue weighted by atomic mass is 16.5. The van der Waals surface area contributed by atoms with Crippen LogP contribution in [0.5, 0.6) is 0 Å². The Morgan fingerprint density at radius 3 is 3.00 bits per heavy atom. The molecule has 1 aliphatic heterocycles. The normalized spacial score (nSPS) is 31.1. The van der Waals surface area contributed by atoms with E-state index in [9.17, 15) is 0 Å². The zero-order valence-corrected chi connectivity index (χ0v) is 7.39. The fourth-order valence-corrected chi connectivity index (χ4v) is 1.24. The van der Waals surface area contributed by atoms with Gasteiger partial charge in [0.05, 0.1) is 6.10 Å². The van der Waals surface area contributed by atoms with Gasteiger partial charge >= 0.3 is 0 Å². The molecule has 3 nitrogen and oxygen atoms in total. The Morgan fingerprint density at radius 2 is 2.45 bits per heavy atom. The summed E-state index contributed by atoms with van der Waals surface area (Å²) in [5, 5.41) is 6.57. The van der Waals surface area contributed by atoms with Gasteiger partial charge in [0.25, 0.3) is 0 Å². The van der Waals surface area contributed by atoms with Gasteiger partial charge in [0, 0.05) is 13.1 Å². The van der Waals surface area contributed by atoms with Crippen LogP contribution in [-0.4, -0.2) is 32.0 Å². The van der Waals surface area contributed by atoms with Crippen LogP contribution in [0.2, 0.25) is 0 Å². The molecule has 1 aliphatic rings. The van der Waals surface area contributed by atoms with Crippen molar-refractivity contribution in [1.29, 1.82) is 0 Å². The molecule has 2 N–H and O–H groups in total. The molecule has 0 aromatic rings. The van der Waals surface area contributed by atoms with Gasteiger partial charge in [-0.3, -0.25) is 5.32 Å². The van der Waals surface area contributed by atoms with Crippen LogP contribution in [-0.2, 0) is 4.74 Å². The maximum Gasteiger partial charge on any atom is 0.105 e. The third-order valence-corrected chi connectivity index (χ3v) is 1.83. The molecule has 0 saturated carbocycles. The smallest absolute Gasteiger partial charge is 0.105 e. The lowest BCUT2D eigenvalue weighted by Crippen LogP contribution is -2.29. The number of rotatable bonds is 4. The van der Waals surface area contributed by atoms with Crippen molar-refractivity contribution in [3.8, 4) is 0 Å². The maximum atomic E-state index is 5.53.